The zero-order chi connectivity index (χ0) is 20.1. The van der Waals surface area contributed by atoms with Crippen LogP contribution in [-0.2, 0) is 4.79 Å². The number of carbonyl (C=O) groups excluding carboxylic acids is 2. The molecule has 0 bridgehead atoms. The summed E-state index contributed by atoms with van der Waals surface area (Å²) in [4.78, 5) is 26.3. The van der Waals surface area contributed by atoms with Crippen LogP contribution in [0.15, 0.2) is 30.3 Å². The average Bonchev–Trinajstić information content (AvgIpc) is 3.01. The number of benzene rings is 1. The second-order valence-corrected chi connectivity index (χ2v) is 8.49. The number of hydrogen-bond acceptors (Lipinski definition) is 4. The van der Waals surface area contributed by atoms with E-state index in [9.17, 15) is 9.59 Å². The molecule has 5 nitrogen and oxygen atoms in total. The van der Waals surface area contributed by atoms with Crippen molar-refractivity contribution in [1.29, 1.82) is 5.26 Å². The zero-order valence-electron chi connectivity index (χ0n) is 15.1. The van der Waals surface area contributed by atoms with E-state index in [1.165, 1.54) is 7.05 Å². The summed E-state index contributed by atoms with van der Waals surface area (Å²) >= 11 is 13.6. The molecule has 1 N–H and O–H groups in total. The molecule has 0 fully saturated rings. The van der Waals surface area contributed by atoms with Crippen LogP contribution in [0.2, 0.25) is 9.36 Å². The number of thiophene rings is 1. The molecular formula is C19H19Cl2N3O2S. The lowest BCUT2D eigenvalue weighted by Crippen LogP contribution is -2.46. The Morgan fingerprint density at radius 2 is 1.93 bits per heavy atom. The SMILES string of the molecule is CC(C)C[C@H](NC(=O)c1cc(-c2ccccc2Cl)c(Cl)s1)C(=O)N(C)C#N. The summed E-state index contributed by atoms with van der Waals surface area (Å²) in [7, 11) is 1.37. The van der Waals surface area contributed by atoms with E-state index in [1.54, 1.807) is 18.3 Å². The number of nitriles is 1. The number of halogens is 2. The van der Waals surface area contributed by atoms with Gasteiger partial charge in [-0.25, -0.2) is 0 Å². The van der Waals surface area contributed by atoms with Crippen molar-refractivity contribution in [2.75, 3.05) is 7.05 Å². The van der Waals surface area contributed by atoms with Gasteiger partial charge in [-0.1, -0.05) is 55.2 Å². The van der Waals surface area contributed by atoms with E-state index < -0.39 is 17.9 Å². The van der Waals surface area contributed by atoms with Gasteiger partial charge in [0.05, 0.1) is 4.88 Å². The molecule has 27 heavy (non-hydrogen) atoms. The Morgan fingerprint density at radius 1 is 1.26 bits per heavy atom. The fourth-order valence-electron chi connectivity index (χ4n) is 2.55. The Labute approximate surface area is 172 Å². The van der Waals surface area contributed by atoms with E-state index in [1.807, 2.05) is 32.0 Å². The molecule has 8 heteroatoms. The van der Waals surface area contributed by atoms with Crippen molar-refractivity contribution in [1.82, 2.24) is 10.2 Å². The molecule has 0 saturated carbocycles. The third-order valence-electron chi connectivity index (χ3n) is 3.87. The summed E-state index contributed by atoms with van der Waals surface area (Å²) in [5.74, 6) is -0.698. The standard InChI is InChI=1S/C19H19Cl2N3O2S/c1-11(2)8-15(19(26)24(3)10-22)23-18(25)16-9-13(17(21)27-16)12-6-4-5-7-14(12)20/h4-7,9,11,15H,8H2,1-3H3,(H,23,25)/t15-/m0/s1. The normalized spacial score (nSPS) is 11.7. The average molecular weight is 424 g/mol. The molecule has 1 atom stereocenters. The molecular weight excluding hydrogens is 405 g/mol. The van der Waals surface area contributed by atoms with Crippen molar-refractivity contribution in [3.63, 3.8) is 0 Å². The van der Waals surface area contributed by atoms with Crippen LogP contribution in [0, 0.1) is 17.4 Å². The van der Waals surface area contributed by atoms with E-state index in [0.717, 1.165) is 21.8 Å². The highest BCUT2D eigenvalue weighted by Gasteiger charge is 2.26. The highest BCUT2D eigenvalue weighted by Crippen LogP contribution is 2.38. The minimum absolute atomic E-state index is 0.164. The molecule has 0 unspecified atom stereocenters. The molecule has 0 saturated heterocycles. The monoisotopic (exact) mass is 423 g/mol. The third-order valence-corrected chi connectivity index (χ3v) is 5.55. The highest BCUT2D eigenvalue weighted by molar-refractivity contribution is 7.18. The first-order valence-electron chi connectivity index (χ1n) is 8.27. The maximum Gasteiger partial charge on any atom is 0.262 e. The topological polar surface area (TPSA) is 73.2 Å². The summed E-state index contributed by atoms with van der Waals surface area (Å²) in [6.45, 7) is 3.88. The molecule has 0 spiro atoms. The van der Waals surface area contributed by atoms with Gasteiger partial charge in [-0.2, -0.15) is 5.26 Å². The minimum Gasteiger partial charge on any atom is -0.339 e. The molecule has 2 aromatic rings. The highest BCUT2D eigenvalue weighted by atomic mass is 35.5. The molecule has 0 radical (unpaired) electrons. The van der Waals surface area contributed by atoms with Crippen LogP contribution in [0.1, 0.15) is 29.9 Å². The Morgan fingerprint density at radius 3 is 2.52 bits per heavy atom. The quantitative estimate of drug-likeness (QED) is 0.535. The number of nitrogens with one attached hydrogen (secondary N) is 1. The summed E-state index contributed by atoms with van der Waals surface area (Å²) in [6, 6.07) is 8.10. The first-order chi connectivity index (χ1) is 12.7. The van der Waals surface area contributed by atoms with Crippen molar-refractivity contribution in [3.8, 4) is 17.3 Å². The predicted molar refractivity (Wildman–Crippen MR) is 109 cm³/mol. The number of rotatable bonds is 6. The van der Waals surface area contributed by atoms with E-state index in [-0.39, 0.29) is 5.92 Å². The lowest BCUT2D eigenvalue weighted by molar-refractivity contribution is -0.129. The number of amides is 2. The molecule has 1 aromatic carbocycles. The van der Waals surface area contributed by atoms with Gasteiger partial charge in [-0.3, -0.25) is 14.5 Å². The molecule has 1 heterocycles. The lowest BCUT2D eigenvalue weighted by Gasteiger charge is -2.21. The van der Waals surface area contributed by atoms with Crippen LogP contribution in [0.4, 0.5) is 0 Å². The van der Waals surface area contributed by atoms with Gasteiger partial charge >= 0.3 is 0 Å². The van der Waals surface area contributed by atoms with Crippen molar-refractivity contribution >= 4 is 46.4 Å². The number of nitrogens with zero attached hydrogens (tertiary/aromatic N) is 2. The van der Waals surface area contributed by atoms with Crippen molar-refractivity contribution in [2.45, 2.75) is 26.3 Å². The first kappa shape index (κ1) is 21.2. The van der Waals surface area contributed by atoms with E-state index in [2.05, 4.69) is 5.32 Å². The Kier molecular flexibility index (Phi) is 7.25. The van der Waals surface area contributed by atoms with Gasteiger partial charge in [0.1, 0.15) is 10.4 Å². The minimum atomic E-state index is -0.785. The predicted octanol–water partition coefficient (Wildman–Crippen LogP) is 4.81. The summed E-state index contributed by atoms with van der Waals surface area (Å²) in [5.41, 5.74) is 1.40. The zero-order valence-corrected chi connectivity index (χ0v) is 17.5. The molecule has 0 aliphatic carbocycles. The van der Waals surface area contributed by atoms with E-state index in [4.69, 9.17) is 28.5 Å². The number of hydrogen-bond donors (Lipinski definition) is 1. The molecule has 0 aliphatic rings. The van der Waals surface area contributed by atoms with Crippen molar-refractivity contribution < 1.29 is 9.59 Å². The van der Waals surface area contributed by atoms with Crippen LogP contribution in [0.5, 0.6) is 0 Å². The Balaban J connectivity index is 2.26. The largest absolute Gasteiger partial charge is 0.339 e. The van der Waals surface area contributed by atoms with Crippen molar-refractivity contribution in [2.24, 2.45) is 5.92 Å². The summed E-state index contributed by atoms with van der Waals surface area (Å²) in [5, 5.41) is 12.2. The Bertz CT molecular complexity index is 889. The van der Waals surface area contributed by atoms with Gasteiger partial charge in [-0.05, 0) is 24.5 Å². The molecule has 2 amide bonds. The molecule has 2 rings (SSSR count). The summed E-state index contributed by atoms with van der Waals surface area (Å²) in [6.07, 6.45) is 2.20. The van der Waals surface area contributed by atoms with Crippen LogP contribution < -0.4 is 5.32 Å². The van der Waals surface area contributed by atoms with E-state index in [0.29, 0.717) is 26.2 Å². The van der Waals surface area contributed by atoms with Gasteiger partial charge < -0.3 is 5.32 Å². The second kappa shape index (κ2) is 9.23. The summed E-state index contributed by atoms with van der Waals surface area (Å²) < 4.78 is 0.439. The Hall–Kier alpha value is -2.07. The van der Waals surface area contributed by atoms with Gasteiger partial charge in [0.15, 0.2) is 6.19 Å². The third kappa shape index (κ3) is 5.23. The van der Waals surface area contributed by atoms with Crippen LogP contribution >= 0.6 is 34.5 Å². The van der Waals surface area contributed by atoms with E-state index >= 15 is 0 Å². The smallest absolute Gasteiger partial charge is 0.262 e. The van der Waals surface area contributed by atoms with Gasteiger partial charge in [-0.15, -0.1) is 11.3 Å². The molecule has 142 valence electrons. The molecule has 1 aromatic heterocycles. The van der Waals surface area contributed by atoms with Crippen molar-refractivity contribution in [3.05, 3.63) is 44.6 Å². The van der Waals surface area contributed by atoms with Crippen LogP contribution in [0.3, 0.4) is 0 Å². The molecule has 0 aliphatic heterocycles. The van der Waals surface area contributed by atoms with Crippen LogP contribution in [-0.4, -0.2) is 29.8 Å². The van der Waals surface area contributed by atoms with Gasteiger partial charge in [0.2, 0.25) is 0 Å². The fraction of sp³-hybridized carbons (Fsp3) is 0.316. The maximum atomic E-state index is 12.7. The van der Waals surface area contributed by atoms with Gasteiger partial charge in [0.25, 0.3) is 11.8 Å². The lowest BCUT2D eigenvalue weighted by atomic mass is 10.0. The number of carbonyl (C=O) groups is 2. The van der Waals surface area contributed by atoms with Crippen LogP contribution in [0.25, 0.3) is 11.1 Å². The second-order valence-electron chi connectivity index (χ2n) is 6.43. The number of likely N-dealkylation sites (N-methyl/N-ethyl adjacent to an activating group) is 1. The first-order valence-corrected chi connectivity index (χ1v) is 9.84. The maximum absolute atomic E-state index is 12.7. The van der Waals surface area contributed by atoms with Gasteiger partial charge in [0, 0.05) is 23.2 Å². The fourth-order valence-corrected chi connectivity index (χ4v) is 3.99.